The molecule has 0 saturated carbocycles. The average molecular weight is 457 g/mol. The number of rotatable bonds is 7. The normalized spacial score (nSPS) is 11.0. The van der Waals surface area contributed by atoms with Crippen molar-refractivity contribution in [3.63, 3.8) is 0 Å². The molecule has 0 aliphatic rings. The summed E-state index contributed by atoms with van der Waals surface area (Å²) in [7, 11) is 3.34. The van der Waals surface area contributed by atoms with Crippen LogP contribution in [-0.4, -0.2) is 35.4 Å². The Bertz CT molecular complexity index is 1280. The summed E-state index contributed by atoms with van der Waals surface area (Å²) in [6.07, 6.45) is 1.60. The average Bonchev–Trinajstić information content (AvgIpc) is 3.10. The molecular weight excluding hydrogens is 428 g/mol. The molecule has 1 N–H and O–H groups in total. The zero-order chi connectivity index (χ0) is 24.8. The highest BCUT2D eigenvalue weighted by Gasteiger charge is 2.14. The molecule has 7 nitrogen and oxygen atoms in total. The maximum atomic E-state index is 12.8. The third-order valence-corrected chi connectivity index (χ3v) is 5.61. The van der Waals surface area contributed by atoms with Crippen molar-refractivity contribution in [3.05, 3.63) is 82.7 Å². The van der Waals surface area contributed by atoms with Crippen LogP contribution in [0.15, 0.2) is 60.2 Å². The molecule has 2 aromatic carbocycles. The summed E-state index contributed by atoms with van der Waals surface area (Å²) >= 11 is 0. The highest BCUT2D eigenvalue weighted by molar-refractivity contribution is 6.09. The van der Waals surface area contributed by atoms with Crippen molar-refractivity contribution >= 4 is 23.6 Å². The van der Waals surface area contributed by atoms with E-state index in [-0.39, 0.29) is 11.5 Å². The predicted molar refractivity (Wildman–Crippen MR) is 133 cm³/mol. The summed E-state index contributed by atoms with van der Waals surface area (Å²) in [5.41, 5.74) is 5.08. The molecule has 1 heterocycles. The van der Waals surface area contributed by atoms with E-state index in [9.17, 15) is 14.9 Å². The Balaban J connectivity index is 1.83. The predicted octanol–water partition coefficient (Wildman–Crippen LogP) is 4.63. The molecule has 0 unspecified atom stereocenters. The van der Waals surface area contributed by atoms with Gasteiger partial charge in [-0.25, -0.2) is 0 Å². The molecular formula is C27H28N4O3. The van der Waals surface area contributed by atoms with Gasteiger partial charge in [-0.1, -0.05) is 12.1 Å². The summed E-state index contributed by atoms with van der Waals surface area (Å²) in [5, 5.41) is 12.5. The van der Waals surface area contributed by atoms with Gasteiger partial charge in [0.15, 0.2) is 0 Å². The lowest BCUT2D eigenvalue weighted by Crippen LogP contribution is -2.23. The molecule has 174 valence electrons. The Labute approximate surface area is 199 Å². The smallest absolute Gasteiger partial charge is 0.266 e. The third kappa shape index (κ3) is 5.54. The van der Waals surface area contributed by atoms with Crippen LogP contribution in [0.25, 0.3) is 11.8 Å². The van der Waals surface area contributed by atoms with Crippen LogP contribution >= 0.6 is 0 Å². The van der Waals surface area contributed by atoms with E-state index in [0.717, 1.165) is 34.0 Å². The number of hydrogen-bond acceptors (Lipinski definition) is 4. The summed E-state index contributed by atoms with van der Waals surface area (Å²) in [4.78, 5) is 25.9. The number of ether oxygens (including phenoxy) is 1. The van der Waals surface area contributed by atoms with Gasteiger partial charge in [0, 0.05) is 43.3 Å². The fraction of sp³-hybridized carbons (Fsp3) is 0.222. The van der Waals surface area contributed by atoms with Crippen LogP contribution in [0.5, 0.6) is 5.75 Å². The molecule has 3 rings (SSSR count). The minimum atomic E-state index is -0.492. The van der Waals surface area contributed by atoms with Crippen LogP contribution in [0.4, 0.5) is 5.69 Å². The first-order valence-corrected chi connectivity index (χ1v) is 10.8. The van der Waals surface area contributed by atoms with Crippen molar-refractivity contribution in [2.24, 2.45) is 0 Å². The molecule has 2 amide bonds. The number of nitriles is 1. The maximum Gasteiger partial charge on any atom is 0.266 e. The summed E-state index contributed by atoms with van der Waals surface area (Å²) in [5.74, 6) is 0.233. The van der Waals surface area contributed by atoms with Crippen LogP contribution in [0.1, 0.15) is 29.4 Å². The first-order valence-electron chi connectivity index (χ1n) is 10.8. The monoisotopic (exact) mass is 456 g/mol. The maximum absolute atomic E-state index is 12.8. The van der Waals surface area contributed by atoms with Gasteiger partial charge >= 0.3 is 0 Å². The quantitative estimate of drug-likeness (QED) is 0.415. The third-order valence-electron chi connectivity index (χ3n) is 5.61. The molecule has 7 heteroatoms. The van der Waals surface area contributed by atoms with Crippen molar-refractivity contribution in [3.8, 4) is 17.5 Å². The van der Waals surface area contributed by atoms with Gasteiger partial charge in [0.25, 0.3) is 5.91 Å². The number of nitrogens with zero attached hydrogens (tertiary/aromatic N) is 3. The van der Waals surface area contributed by atoms with Crippen LogP contribution < -0.4 is 10.1 Å². The standard InChI is InChI=1S/C27H28N4O3/c1-18-13-22(19(2)31(18)25-9-11-26(34-5)12-10-25)15-23(16-28)27(33)29-24-8-6-7-21(14-24)17-30(4)20(3)32/h6-15H,17H2,1-5H3,(H,29,33). The number of amides is 2. The van der Waals surface area contributed by atoms with Gasteiger partial charge < -0.3 is 19.5 Å². The number of benzene rings is 2. The van der Waals surface area contributed by atoms with E-state index >= 15 is 0 Å². The summed E-state index contributed by atoms with van der Waals surface area (Å²) < 4.78 is 7.30. The number of carbonyl (C=O) groups is 2. The SMILES string of the molecule is COc1ccc(-n2c(C)cc(C=C(C#N)C(=O)Nc3cccc(CN(C)C(C)=O)c3)c2C)cc1. The van der Waals surface area contributed by atoms with Gasteiger partial charge in [0.05, 0.1) is 7.11 Å². The molecule has 0 spiro atoms. The van der Waals surface area contributed by atoms with Crippen molar-refractivity contribution < 1.29 is 14.3 Å². The van der Waals surface area contributed by atoms with E-state index in [0.29, 0.717) is 12.2 Å². The number of carbonyl (C=O) groups excluding carboxylic acids is 2. The molecule has 0 atom stereocenters. The van der Waals surface area contributed by atoms with Gasteiger partial charge in [-0.15, -0.1) is 0 Å². The molecule has 3 aromatic rings. The lowest BCUT2D eigenvalue weighted by Gasteiger charge is -2.15. The van der Waals surface area contributed by atoms with E-state index < -0.39 is 5.91 Å². The van der Waals surface area contributed by atoms with Gasteiger partial charge in [-0.3, -0.25) is 9.59 Å². The number of anilines is 1. The van der Waals surface area contributed by atoms with Gasteiger partial charge in [-0.2, -0.15) is 5.26 Å². The Kier molecular flexibility index (Phi) is 7.54. The Morgan fingerprint density at radius 1 is 1.15 bits per heavy atom. The molecule has 0 fully saturated rings. The minimum Gasteiger partial charge on any atom is -0.497 e. The van der Waals surface area contributed by atoms with Gasteiger partial charge in [0.2, 0.25) is 5.91 Å². The van der Waals surface area contributed by atoms with Crippen molar-refractivity contribution in [1.29, 1.82) is 5.26 Å². The Morgan fingerprint density at radius 2 is 1.85 bits per heavy atom. The number of aromatic nitrogens is 1. The second-order valence-corrected chi connectivity index (χ2v) is 8.06. The minimum absolute atomic E-state index is 0.00115. The van der Waals surface area contributed by atoms with Crippen LogP contribution in [0.3, 0.4) is 0 Å². The van der Waals surface area contributed by atoms with Crippen molar-refractivity contribution in [2.75, 3.05) is 19.5 Å². The van der Waals surface area contributed by atoms with E-state index in [1.54, 1.807) is 43.3 Å². The molecule has 0 aliphatic carbocycles. The highest BCUT2D eigenvalue weighted by Crippen LogP contribution is 2.24. The second-order valence-electron chi connectivity index (χ2n) is 8.06. The molecule has 34 heavy (non-hydrogen) atoms. The number of hydrogen-bond donors (Lipinski definition) is 1. The van der Waals surface area contributed by atoms with E-state index in [1.807, 2.05) is 56.3 Å². The number of aryl methyl sites for hydroxylation is 1. The van der Waals surface area contributed by atoms with Crippen molar-refractivity contribution in [1.82, 2.24) is 9.47 Å². The number of nitrogens with one attached hydrogen (secondary N) is 1. The topological polar surface area (TPSA) is 87.4 Å². The summed E-state index contributed by atoms with van der Waals surface area (Å²) in [6, 6.07) is 18.9. The summed E-state index contributed by atoms with van der Waals surface area (Å²) in [6.45, 7) is 5.85. The molecule has 0 radical (unpaired) electrons. The van der Waals surface area contributed by atoms with E-state index in [4.69, 9.17) is 4.74 Å². The first-order chi connectivity index (χ1) is 16.2. The highest BCUT2D eigenvalue weighted by atomic mass is 16.5. The fourth-order valence-electron chi connectivity index (χ4n) is 3.70. The van der Waals surface area contributed by atoms with Crippen LogP contribution in [-0.2, 0) is 16.1 Å². The number of methoxy groups -OCH3 is 1. The molecule has 0 bridgehead atoms. The van der Waals surface area contributed by atoms with E-state index in [2.05, 4.69) is 9.88 Å². The largest absolute Gasteiger partial charge is 0.497 e. The van der Waals surface area contributed by atoms with E-state index in [1.165, 1.54) is 6.92 Å². The lowest BCUT2D eigenvalue weighted by molar-refractivity contribution is -0.128. The van der Waals surface area contributed by atoms with Crippen molar-refractivity contribution in [2.45, 2.75) is 27.3 Å². The fourth-order valence-corrected chi connectivity index (χ4v) is 3.70. The zero-order valence-corrected chi connectivity index (χ0v) is 20.0. The Morgan fingerprint density at radius 3 is 2.47 bits per heavy atom. The lowest BCUT2D eigenvalue weighted by atomic mass is 10.1. The Hall–Kier alpha value is -4.31. The zero-order valence-electron chi connectivity index (χ0n) is 20.0. The molecule has 0 saturated heterocycles. The van der Waals surface area contributed by atoms with Crippen LogP contribution in [0.2, 0.25) is 0 Å². The van der Waals surface area contributed by atoms with Gasteiger partial charge in [0.1, 0.15) is 17.4 Å². The molecule has 0 aliphatic heterocycles. The molecule has 1 aromatic heterocycles. The second kappa shape index (κ2) is 10.5. The first kappa shape index (κ1) is 24.3. The van der Waals surface area contributed by atoms with Gasteiger partial charge in [-0.05, 0) is 73.5 Å². The van der Waals surface area contributed by atoms with Crippen LogP contribution in [0, 0.1) is 25.2 Å².